The van der Waals surface area contributed by atoms with Gasteiger partial charge in [0.2, 0.25) is 0 Å². The molecular formula is C16H13ClN2O3S2. The molecule has 0 aliphatic carbocycles. The monoisotopic (exact) mass is 380 g/mol. The van der Waals surface area contributed by atoms with Gasteiger partial charge in [-0.15, -0.1) is 0 Å². The van der Waals surface area contributed by atoms with Gasteiger partial charge >= 0.3 is 4.87 Å². The molecule has 24 heavy (non-hydrogen) atoms. The minimum absolute atomic E-state index is 0.145. The average Bonchev–Trinajstić information content (AvgIpc) is 2.93. The van der Waals surface area contributed by atoms with Crippen molar-refractivity contribution in [2.45, 2.75) is 11.8 Å². The van der Waals surface area contributed by atoms with Crippen molar-refractivity contribution in [3.05, 3.63) is 68.1 Å². The van der Waals surface area contributed by atoms with Gasteiger partial charge in [-0.05, 0) is 36.8 Å². The van der Waals surface area contributed by atoms with Crippen LogP contribution in [0.3, 0.4) is 0 Å². The van der Waals surface area contributed by atoms with E-state index in [1.165, 1.54) is 6.07 Å². The van der Waals surface area contributed by atoms with Crippen molar-refractivity contribution in [3.63, 3.8) is 0 Å². The number of hydrogen-bond acceptors (Lipinski definition) is 4. The predicted molar refractivity (Wildman–Crippen MR) is 97.4 cm³/mol. The van der Waals surface area contributed by atoms with Gasteiger partial charge in [0.1, 0.15) is 0 Å². The van der Waals surface area contributed by atoms with Crippen LogP contribution >= 0.6 is 22.9 Å². The van der Waals surface area contributed by atoms with E-state index in [-0.39, 0.29) is 9.77 Å². The summed E-state index contributed by atoms with van der Waals surface area (Å²) in [6.07, 6.45) is 0. The van der Waals surface area contributed by atoms with Crippen LogP contribution in [0.2, 0.25) is 5.02 Å². The van der Waals surface area contributed by atoms with Gasteiger partial charge in [0.05, 0.1) is 16.3 Å². The van der Waals surface area contributed by atoms with E-state index in [4.69, 9.17) is 11.6 Å². The highest BCUT2D eigenvalue weighted by Gasteiger charge is 2.18. The average molecular weight is 381 g/mol. The molecule has 0 aliphatic heterocycles. The summed E-state index contributed by atoms with van der Waals surface area (Å²) in [7, 11) is -3.78. The highest BCUT2D eigenvalue weighted by atomic mass is 35.5. The van der Waals surface area contributed by atoms with Crippen molar-refractivity contribution in [2.75, 3.05) is 4.72 Å². The number of aryl methyl sites for hydroxylation is 1. The number of rotatable bonds is 4. The fourth-order valence-corrected chi connectivity index (χ4v) is 4.34. The van der Waals surface area contributed by atoms with Crippen LogP contribution in [-0.4, -0.2) is 13.4 Å². The molecule has 0 unspecified atom stereocenters. The molecule has 1 heterocycles. The van der Waals surface area contributed by atoms with E-state index in [9.17, 15) is 13.2 Å². The second-order valence-corrected chi connectivity index (χ2v) is 8.09. The van der Waals surface area contributed by atoms with Crippen LogP contribution in [-0.2, 0) is 10.0 Å². The lowest BCUT2D eigenvalue weighted by atomic mass is 10.1. The molecule has 0 radical (unpaired) electrons. The zero-order valence-electron chi connectivity index (χ0n) is 12.5. The van der Waals surface area contributed by atoms with Crippen LogP contribution in [0, 0.1) is 6.92 Å². The van der Waals surface area contributed by atoms with E-state index in [0.29, 0.717) is 27.5 Å². The number of aromatic nitrogens is 1. The van der Waals surface area contributed by atoms with Gasteiger partial charge < -0.3 is 4.98 Å². The molecule has 0 aliphatic rings. The number of H-pyrrole nitrogens is 1. The molecule has 3 rings (SSSR count). The van der Waals surface area contributed by atoms with E-state index in [1.54, 1.807) is 48.7 Å². The number of sulfonamides is 1. The number of hydrogen-bond donors (Lipinski definition) is 2. The molecule has 1 aromatic heterocycles. The Morgan fingerprint density at radius 2 is 1.96 bits per heavy atom. The first-order valence-corrected chi connectivity index (χ1v) is 9.66. The predicted octanol–water partition coefficient (Wildman–Crippen LogP) is 3.87. The number of nitrogens with one attached hydrogen (secondary N) is 2. The number of halogens is 1. The second-order valence-electron chi connectivity index (χ2n) is 5.16. The fourth-order valence-electron chi connectivity index (χ4n) is 2.24. The Hall–Kier alpha value is -2.09. The Morgan fingerprint density at radius 1 is 1.17 bits per heavy atom. The summed E-state index contributed by atoms with van der Waals surface area (Å²) in [5.41, 5.74) is 2.21. The number of benzene rings is 2. The summed E-state index contributed by atoms with van der Waals surface area (Å²) in [6.45, 7) is 1.71. The van der Waals surface area contributed by atoms with Crippen LogP contribution in [0.25, 0.3) is 11.3 Å². The Labute approximate surface area is 148 Å². The van der Waals surface area contributed by atoms with Gasteiger partial charge in [-0.3, -0.25) is 9.52 Å². The number of thiazole rings is 1. The SMILES string of the molecule is Cc1ccc(-c2csc(=O)[nH]2)cc1S(=O)(=O)Nc1cccc(Cl)c1. The summed E-state index contributed by atoms with van der Waals surface area (Å²) in [5.74, 6) is 0. The van der Waals surface area contributed by atoms with Crippen molar-refractivity contribution in [1.29, 1.82) is 0 Å². The minimum Gasteiger partial charge on any atom is -0.312 e. The van der Waals surface area contributed by atoms with Gasteiger partial charge in [0, 0.05) is 16.0 Å². The first kappa shape index (κ1) is 16.8. The maximum Gasteiger partial charge on any atom is 0.304 e. The summed E-state index contributed by atoms with van der Waals surface area (Å²) in [4.78, 5) is 13.9. The molecule has 8 heteroatoms. The van der Waals surface area contributed by atoms with Crippen molar-refractivity contribution in [1.82, 2.24) is 4.98 Å². The molecule has 0 amide bonds. The van der Waals surface area contributed by atoms with E-state index in [0.717, 1.165) is 11.3 Å². The molecule has 0 spiro atoms. The molecule has 0 fully saturated rings. The van der Waals surface area contributed by atoms with Crippen LogP contribution in [0.15, 0.2) is 57.5 Å². The van der Waals surface area contributed by atoms with Crippen LogP contribution in [0.1, 0.15) is 5.56 Å². The fraction of sp³-hybridized carbons (Fsp3) is 0.0625. The normalized spacial score (nSPS) is 11.4. The van der Waals surface area contributed by atoms with Crippen molar-refractivity contribution >= 4 is 38.6 Å². The lowest BCUT2D eigenvalue weighted by Crippen LogP contribution is -2.14. The van der Waals surface area contributed by atoms with Gasteiger partial charge in [-0.2, -0.15) is 0 Å². The Bertz CT molecular complexity index is 1050. The third kappa shape index (κ3) is 3.53. The number of aromatic amines is 1. The molecule has 2 aromatic carbocycles. The molecule has 0 saturated carbocycles. The largest absolute Gasteiger partial charge is 0.312 e. The molecule has 124 valence electrons. The molecule has 2 N–H and O–H groups in total. The van der Waals surface area contributed by atoms with E-state index in [1.807, 2.05) is 0 Å². The summed E-state index contributed by atoms with van der Waals surface area (Å²) >= 11 is 6.92. The van der Waals surface area contributed by atoms with Crippen LogP contribution in [0.4, 0.5) is 5.69 Å². The molecular weight excluding hydrogens is 368 g/mol. The Kier molecular flexibility index (Phi) is 4.49. The smallest absolute Gasteiger partial charge is 0.304 e. The highest BCUT2D eigenvalue weighted by molar-refractivity contribution is 7.92. The summed E-state index contributed by atoms with van der Waals surface area (Å²) in [6, 6.07) is 11.5. The van der Waals surface area contributed by atoms with Crippen LogP contribution in [0.5, 0.6) is 0 Å². The maximum absolute atomic E-state index is 12.7. The molecule has 5 nitrogen and oxygen atoms in total. The summed E-state index contributed by atoms with van der Waals surface area (Å²) < 4.78 is 27.9. The third-order valence-corrected chi connectivity index (χ3v) is 5.81. The Balaban J connectivity index is 2.02. The van der Waals surface area contributed by atoms with Crippen LogP contribution < -0.4 is 9.60 Å². The molecule has 0 saturated heterocycles. The first-order valence-electron chi connectivity index (χ1n) is 6.92. The van der Waals surface area contributed by atoms with Gasteiger partial charge in [-0.25, -0.2) is 8.42 Å². The standard InChI is InChI=1S/C16H13ClN2O3S2/c1-10-5-6-11(14-9-23-16(20)18-14)7-15(10)24(21,22)19-13-4-2-3-12(17)8-13/h2-9,19H,1H3,(H,18,20). The lowest BCUT2D eigenvalue weighted by molar-refractivity contribution is 0.600. The van der Waals surface area contributed by atoms with Gasteiger partial charge in [-0.1, -0.05) is 41.1 Å². The lowest BCUT2D eigenvalue weighted by Gasteiger charge is -2.12. The zero-order chi connectivity index (χ0) is 17.3. The van der Waals surface area contributed by atoms with Crippen molar-refractivity contribution in [3.8, 4) is 11.3 Å². The van der Waals surface area contributed by atoms with E-state index < -0.39 is 10.0 Å². The van der Waals surface area contributed by atoms with Gasteiger partial charge in [0.25, 0.3) is 10.0 Å². The molecule has 0 bridgehead atoms. The highest BCUT2D eigenvalue weighted by Crippen LogP contribution is 2.26. The number of anilines is 1. The van der Waals surface area contributed by atoms with E-state index in [2.05, 4.69) is 9.71 Å². The van der Waals surface area contributed by atoms with Gasteiger partial charge in [0.15, 0.2) is 0 Å². The molecule has 3 aromatic rings. The Morgan fingerprint density at radius 3 is 2.62 bits per heavy atom. The maximum atomic E-state index is 12.7. The van der Waals surface area contributed by atoms with Crippen molar-refractivity contribution < 1.29 is 8.42 Å². The van der Waals surface area contributed by atoms with Crippen molar-refractivity contribution in [2.24, 2.45) is 0 Å². The first-order chi connectivity index (χ1) is 11.3. The van der Waals surface area contributed by atoms with E-state index >= 15 is 0 Å². The summed E-state index contributed by atoms with van der Waals surface area (Å²) in [5, 5.41) is 2.10. The third-order valence-electron chi connectivity index (χ3n) is 3.39. The minimum atomic E-state index is -3.78. The molecule has 0 atom stereocenters. The quantitative estimate of drug-likeness (QED) is 0.721. The second kappa shape index (κ2) is 6.43. The zero-order valence-corrected chi connectivity index (χ0v) is 14.9. The topological polar surface area (TPSA) is 79.0 Å².